The van der Waals surface area contributed by atoms with Crippen LogP contribution in [0.4, 0.5) is 11.4 Å². The fourth-order valence-electron chi connectivity index (χ4n) is 4.65. The minimum atomic E-state index is -0.392. The Morgan fingerprint density at radius 1 is 1.03 bits per heavy atom. The average molecular weight is 488 g/mol. The maximum Gasteiger partial charge on any atom is 0.102 e. The highest BCUT2D eigenvalue weighted by Gasteiger charge is 2.62. The number of nitriles is 1. The number of alkyl halides is 1. The van der Waals surface area contributed by atoms with Crippen molar-refractivity contribution in [2.45, 2.75) is 31.6 Å². The number of halogens is 2. The molecule has 0 radical (unpaired) electrons. The van der Waals surface area contributed by atoms with Gasteiger partial charge in [0.25, 0.3) is 0 Å². The summed E-state index contributed by atoms with van der Waals surface area (Å²) >= 11 is 13.4. The SMILES string of the molecule is C=C(Nc1cccc(C)c1C#N)c1cc(NC(=C)C2C(c3cccc(C)c3)C2(C)Cl)ccc1Cl. The summed E-state index contributed by atoms with van der Waals surface area (Å²) in [6.07, 6.45) is 0. The van der Waals surface area contributed by atoms with Crippen LogP contribution < -0.4 is 10.6 Å². The van der Waals surface area contributed by atoms with E-state index in [4.69, 9.17) is 23.2 Å². The fourth-order valence-corrected chi connectivity index (χ4v) is 5.33. The summed E-state index contributed by atoms with van der Waals surface area (Å²) in [5, 5.41) is 16.8. The van der Waals surface area contributed by atoms with Gasteiger partial charge in [-0.1, -0.05) is 66.7 Å². The Hall–Kier alpha value is -3.19. The molecule has 1 fully saturated rings. The Morgan fingerprint density at radius 2 is 1.76 bits per heavy atom. The largest absolute Gasteiger partial charge is 0.359 e. The van der Waals surface area contributed by atoms with E-state index in [9.17, 15) is 5.26 Å². The Bertz CT molecular complexity index is 1330. The van der Waals surface area contributed by atoms with Gasteiger partial charge in [-0.05, 0) is 56.2 Å². The van der Waals surface area contributed by atoms with Crippen molar-refractivity contribution in [1.29, 1.82) is 5.26 Å². The van der Waals surface area contributed by atoms with Crippen LogP contribution in [-0.4, -0.2) is 4.87 Å². The number of benzene rings is 3. The van der Waals surface area contributed by atoms with Crippen LogP contribution >= 0.6 is 23.2 Å². The summed E-state index contributed by atoms with van der Waals surface area (Å²) < 4.78 is 0. The standard InChI is InChI=1S/C29H27Cl2N3/c1-17-8-6-10-21(14-17)28-27(29(28,5)31)20(4)33-22-12-13-25(30)23(15-22)19(3)34-26-11-7-9-18(2)24(26)16-32/h6-15,27-28,33-34H,3-4H2,1-2,5H3. The highest BCUT2D eigenvalue weighted by atomic mass is 35.5. The monoisotopic (exact) mass is 487 g/mol. The van der Waals surface area contributed by atoms with Crippen LogP contribution in [0.15, 0.2) is 79.5 Å². The lowest BCUT2D eigenvalue weighted by Gasteiger charge is -2.16. The summed E-state index contributed by atoms with van der Waals surface area (Å²) in [6.45, 7) is 14.5. The molecule has 0 heterocycles. The number of nitrogens with one attached hydrogen (secondary N) is 2. The molecule has 0 saturated heterocycles. The molecule has 0 amide bonds. The van der Waals surface area contributed by atoms with Gasteiger partial charge in [0.2, 0.25) is 0 Å². The molecule has 3 atom stereocenters. The molecule has 0 aliphatic heterocycles. The second-order valence-corrected chi connectivity index (χ2v) is 10.3. The van der Waals surface area contributed by atoms with Crippen LogP contribution in [0.25, 0.3) is 5.70 Å². The zero-order chi connectivity index (χ0) is 24.6. The topological polar surface area (TPSA) is 47.9 Å². The Balaban J connectivity index is 1.53. The number of aryl methyl sites for hydroxylation is 2. The highest BCUT2D eigenvalue weighted by Crippen LogP contribution is 2.64. The van der Waals surface area contributed by atoms with Gasteiger partial charge in [0, 0.05) is 34.5 Å². The summed E-state index contributed by atoms with van der Waals surface area (Å²) in [4.78, 5) is -0.392. The van der Waals surface area contributed by atoms with E-state index in [0.717, 1.165) is 22.5 Å². The summed E-state index contributed by atoms with van der Waals surface area (Å²) in [6, 6.07) is 22.1. The Labute approximate surface area is 211 Å². The molecule has 2 N–H and O–H groups in total. The van der Waals surface area contributed by atoms with E-state index < -0.39 is 4.87 Å². The van der Waals surface area contributed by atoms with Crippen molar-refractivity contribution >= 4 is 40.3 Å². The van der Waals surface area contributed by atoms with Crippen molar-refractivity contribution in [3.8, 4) is 6.07 Å². The normalized spacial score (nSPS) is 20.8. The van der Waals surface area contributed by atoms with Crippen molar-refractivity contribution < 1.29 is 0 Å². The Morgan fingerprint density at radius 3 is 2.47 bits per heavy atom. The molecule has 3 aromatic carbocycles. The number of allylic oxidation sites excluding steroid dienone is 1. The highest BCUT2D eigenvalue weighted by molar-refractivity contribution is 6.32. The van der Waals surface area contributed by atoms with Gasteiger partial charge >= 0.3 is 0 Å². The van der Waals surface area contributed by atoms with Crippen LogP contribution in [0.2, 0.25) is 5.02 Å². The van der Waals surface area contributed by atoms with E-state index in [2.05, 4.69) is 68.0 Å². The van der Waals surface area contributed by atoms with Gasteiger partial charge in [-0.3, -0.25) is 0 Å². The van der Waals surface area contributed by atoms with E-state index in [1.807, 2.05) is 43.3 Å². The number of rotatable bonds is 7. The van der Waals surface area contributed by atoms with Gasteiger partial charge in [0.15, 0.2) is 0 Å². The maximum atomic E-state index is 9.52. The lowest BCUT2D eigenvalue weighted by molar-refractivity contribution is 0.899. The third kappa shape index (κ3) is 4.57. The zero-order valence-corrected chi connectivity index (χ0v) is 21.1. The lowest BCUT2D eigenvalue weighted by Crippen LogP contribution is -2.06. The van der Waals surface area contributed by atoms with Gasteiger partial charge in [-0.25, -0.2) is 0 Å². The van der Waals surface area contributed by atoms with E-state index in [0.29, 0.717) is 22.0 Å². The predicted molar refractivity (Wildman–Crippen MR) is 144 cm³/mol. The average Bonchev–Trinajstić information content (AvgIpc) is 3.37. The molecule has 0 bridgehead atoms. The molecule has 4 rings (SSSR count). The quantitative estimate of drug-likeness (QED) is 0.329. The molecule has 0 spiro atoms. The molecular weight excluding hydrogens is 461 g/mol. The molecule has 3 aromatic rings. The second-order valence-electron chi connectivity index (χ2n) is 9.08. The molecule has 172 valence electrons. The molecule has 1 aliphatic carbocycles. The summed E-state index contributed by atoms with van der Waals surface area (Å²) in [5.74, 6) is 0.296. The van der Waals surface area contributed by atoms with E-state index in [-0.39, 0.29) is 11.8 Å². The first-order valence-corrected chi connectivity index (χ1v) is 11.9. The number of hydrogen-bond acceptors (Lipinski definition) is 3. The van der Waals surface area contributed by atoms with Crippen molar-refractivity contribution in [3.05, 3.63) is 112 Å². The van der Waals surface area contributed by atoms with Crippen molar-refractivity contribution in [1.82, 2.24) is 0 Å². The van der Waals surface area contributed by atoms with Crippen molar-refractivity contribution in [2.24, 2.45) is 5.92 Å². The predicted octanol–water partition coefficient (Wildman–Crippen LogP) is 8.25. The third-order valence-electron chi connectivity index (χ3n) is 6.48. The van der Waals surface area contributed by atoms with Gasteiger partial charge in [-0.15, -0.1) is 11.6 Å². The molecule has 1 aliphatic rings. The number of hydrogen-bond donors (Lipinski definition) is 2. The number of nitrogens with zero attached hydrogens (tertiary/aromatic N) is 1. The van der Waals surface area contributed by atoms with E-state index >= 15 is 0 Å². The minimum absolute atomic E-state index is 0.0990. The molecule has 0 aromatic heterocycles. The summed E-state index contributed by atoms with van der Waals surface area (Å²) in [5.41, 5.74) is 7.68. The smallest absolute Gasteiger partial charge is 0.102 e. The first-order valence-electron chi connectivity index (χ1n) is 11.1. The second kappa shape index (κ2) is 9.22. The van der Waals surface area contributed by atoms with Gasteiger partial charge in [-0.2, -0.15) is 5.26 Å². The third-order valence-corrected chi connectivity index (χ3v) is 7.28. The fraction of sp³-hybridized carbons (Fsp3) is 0.207. The van der Waals surface area contributed by atoms with Gasteiger partial charge in [0.1, 0.15) is 6.07 Å². The maximum absolute atomic E-state index is 9.52. The molecule has 3 unspecified atom stereocenters. The zero-order valence-electron chi connectivity index (χ0n) is 19.5. The Kier molecular flexibility index (Phi) is 6.49. The first kappa shape index (κ1) is 24.0. The van der Waals surface area contributed by atoms with Crippen molar-refractivity contribution in [3.63, 3.8) is 0 Å². The van der Waals surface area contributed by atoms with Crippen molar-refractivity contribution in [2.75, 3.05) is 10.6 Å². The van der Waals surface area contributed by atoms with E-state index in [1.165, 1.54) is 11.1 Å². The molecule has 34 heavy (non-hydrogen) atoms. The van der Waals surface area contributed by atoms with Crippen LogP contribution in [0.1, 0.15) is 40.7 Å². The van der Waals surface area contributed by atoms with Crippen LogP contribution in [-0.2, 0) is 0 Å². The summed E-state index contributed by atoms with van der Waals surface area (Å²) in [7, 11) is 0. The van der Waals surface area contributed by atoms with E-state index in [1.54, 1.807) is 0 Å². The lowest BCUT2D eigenvalue weighted by atomic mass is 10.0. The minimum Gasteiger partial charge on any atom is -0.359 e. The number of anilines is 2. The molecule has 5 heteroatoms. The first-order chi connectivity index (χ1) is 16.1. The molecule has 3 nitrogen and oxygen atoms in total. The van der Waals surface area contributed by atoms with Crippen LogP contribution in [0.3, 0.4) is 0 Å². The van der Waals surface area contributed by atoms with Gasteiger partial charge in [0.05, 0.1) is 21.1 Å². The van der Waals surface area contributed by atoms with Crippen LogP contribution in [0.5, 0.6) is 0 Å². The molecular formula is C29H27Cl2N3. The van der Waals surface area contributed by atoms with Gasteiger partial charge < -0.3 is 10.6 Å². The molecule has 1 saturated carbocycles. The van der Waals surface area contributed by atoms with Crippen LogP contribution in [0, 0.1) is 31.1 Å².